The molecule has 4 heteroatoms. The van der Waals surface area contributed by atoms with Gasteiger partial charge in [-0.2, -0.15) is 0 Å². The third-order valence-electron chi connectivity index (χ3n) is 4.20. The van der Waals surface area contributed by atoms with Crippen molar-refractivity contribution in [1.29, 1.82) is 0 Å². The number of hydrogen-bond acceptors (Lipinski definition) is 3. The van der Waals surface area contributed by atoms with Crippen LogP contribution in [-0.4, -0.2) is 20.7 Å². The van der Waals surface area contributed by atoms with E-state index in [4.69, 9.17) is 0 Å². The molecule has 1 aliphatic rings. The molecule has 0 atom stereocenters. The maximum absolute atomic E-state index is 11.7. The van der Waals surface area contributed by atoms with E-state index < -0.39 is 9.84 Å². The molecule has 1 N–H and O–H groups in total. The van der Waals surface area contributed by atoms with Gasteiger partial charge in [0.15, 0.2) is 9.84 Å². The maximum Gasteiger partial charge on any atom is 0.178 e. The van der Waals surface area contributed by atoms with E-state index in [1.165, 1.54) is 38.5 Å². The number of anilines is 1. The highest BCUT2D eigenvalue weighted by molar-refractivity contribution is 7.91. The lowest BCUT2D eigenvalue weighted by molar-refractivity contribution is 0.345. The Kier molecular flexibility index (Phi) is 5.46. The minimum Gasteiger partial charge on any atom is -0.385 e. The van der Waals surface area contributed by atoms with Crippen molar-refractivity contribution in [3.8, 4) is 0 Å². The van der Waals surface area contributed by atoms with E-state index in [2.05, 4.69) is 5.32 Å². The first kappa shape index (κ1) is 15.4. The van der Waals surface area contributed by atoms with Crippen LogP contribution >= 0.6 is 0 Å². The minimum absolute atomic E-state index is 0.154. The molecular weight excluding hydrogens is 270 g/mol. The van der Waals surface area contributed by atoms with Gasteiger partial charge in [-0.05, 0) is 36.6 Å². The summed E-state index contributed by atoms with van der Waals surface area (Å²) in [5.41, 5.74) is 1.01. The Morgan fingerprint density at radius 2 is 1.75 bits per heavy atom. The van der Waals surface area contributed by atoms with Crippen molar-refractivity contribution in [2.24, 2.45) is 5.92 Å². The molecule has 0 aromatic heterocycles. The van der Waals surface area contributed by atoms with Crippen molar-refractivity contribution < 1.29 is 8.42 Å². The van der Waals surface area contributed by atoms with Crippen molar-refractivity contribution in [2.75, 3.05) is 17.6 Å². The number of hydrogen-bond donors (Lipinski definition) is 1. The molecule has 0 spiro atoms. The monoisotopic (exact) mass is 295 g/mol. The first-order valence-electron chi connectivity index (χ1n) is 7.68. The van der Waals surface area contributed by atoms with Crippen molar-refractivity contribution >= 4 is 15.5 Å². The van der Waals surface area contributed by atoms with Crippen LogP contribution in [0.2, 0.25) is 0 Å². The molecule has 1 aromatic rings. The van der Waals surface area contributed by atoms with Crippen molar-refractivity contribution in [3.63, 3.8) is 0 Å². The Morgan fingerprint density at radius 1 is 1.10 bits per heavy atom. The van der Waals surface area contributed by atoms with E-state index in [0.717, 1.165) is 18.2 Å². The summed E-state index contributed by atoms with van der Waals surface area (Å²) in [7, 11) is -3.08. The molecule has 0 bridgehead atoms. The van der Waals surface area contributed by atoms with Gasteiger partial charge in [-0.1, -0.05) is 39.0 Å². The normalized spacial score (nSPS) is 17.1. The highest BCUT2D eigenvalue weighted by Gasteiger charge is 2.13. The van der Waals surface area contributed by atoms with Crippen LogP contribution in [0, 0.1) is 5.92 Å². The van der Waals surface area contributed by atoms with E-state index in [0.29, 0.717) is 4.90 Å². The average Bonchev–Trinajstić information content (AvgIpc) is 2.49. The fraction of sp³-hybridized carbons (Fsp3) is 0.625. The van der Waals surface area contributed by atoms with Gasteiger partial charge < -0.3 is 5.32 Å². The van der Waals surface area contributed by atoms with E-state index in [-0.39, 0.29) is 5.75 Å². The second-order valence-electron chi connectivity index (χ2n) is 5.65. The summed E-state index contributed by atoms with van der Waals surface area (Å²) in [5, 5.41) is 3.39. The summed E-state index contributed by atoms with van der Waals surface area (Å²) < 4.78 is 23.4. The summed E-state index contributed by atoms with van der Waals surface area (Å²) in [5.74, 6) is 1.03. The molecule has 0 radical (unpaired) electrons. The van der Waals surface area contributed by atoms with Crippen LogP contribution in [0.1, 0.15) is 45.4 Å². The van der Waals surface area contributed by atoms with E-state index >= 15 is 0 Å². The predicted molar refractivity (Wildman–Crippen MR) is 83.9 cm³/mol. The van der Waals surface area contributed by atoms with Gasteiger partial charge in [0.1, 0.15) is 0 Å². The SMILES string of the molecule is CCS(=O)(=O)c1ccc(NCCC2CCCCC2)cc1. The third-order valence-corrected chi connectivity index (χ3v) is 5.95. The Morgan fingerprint density at radius 3 is 2.35 bits per heavy atom. The lowest BCUT2D eigenvalue weighted by Crippen LogP contribution is -2.12. The Bertz CT molecular complexity index is 502. The smallest absolute Gasteiger partial charge is 0.178 e. The highest BCUT2D eigenvalue weighted by Crippen LogP contribution is 2.26. The van der Waals surface area contributed by atoms with Gasteiger partial charge >= 0.3 is 0 Å². The number of sulfone groups is 1. The number of rotatable bonds is 6. The summed E-state index contributed by atoms with van der Waals surface area (Å²) in [4.78, 5) is 0.415. The largest absolute Gasteiger partial charge is 0.385 e. The summed E-state index contributed by atoms with van der Waals surface area (Å²) >= 11 is 0. The van der Waals surface area contributed by atoms with Gasteiger partial charge in [-0.3, -0.25) is 0 Å². The first-order chi connectivity index (χ1) is 9.62. The van der Waals surface area contributed by atoms with E-state index in [1.54, 1.807) is 19.1 Å². The second-order valence-corrected chi connectivity index (χ2v) is 7.93. The minimum atomic E-state index is -3.08. The highest BCUT2D eigenvalue weighted by atomic mass is 32.2. The average molecular weight is 295 g/mol. The van der Waals surface area contributed by atoms with Gasteiger partial charge in [-0.25, -0.2) is 8.42 Å². The molecule has 112 valence electrons. The topological polar surface area (TPSA) is 46.2 Å². The molecule has 3 nitrogen and oxygen atoms in total. The zero-order valence-electron chi connectivity index (χ0n) is 12.3. The van der Waals surface area contributed by atoms with Gasteiger partial charge in [0, 0.05) is 12.2 Å². The molecule has 2 rings (SSSR count). The number of benzene rings is 1. The number of nitrogens with one attached hydrogen (secondary N) is 1. The quantitative estimate of drug-likeness (QED) is 0.866. The van der Waals surface area contributed by atoms with Crippen molar-refractivity contribution in [3.05, 3.63) is 24.3 Å². The molecule has 0 amide bonds. The van der Waals surface area contributed by atoms with Crippen LogP contribution < -0.4 is 5.32 Å². The predicted octanol–water partition coefficient (Wildman–Crippen LogP) is 3.86. The zero-order valence-corrected chi connectivity index (χ0v) is 13.1. The first-order valence-corrected chi connectivity index (χ1v) is 9.34. The standard InChI is InChI=1S/C16H25NO2S/c1-2-20(18,19)16-10-8-15(9-11-16)17-13-12-14-6-4-3-5-7-14/h8-11,14,17H,2-7,12-13H2,1H3. The van der Waals surface area contributed by atoms with Gasteiger partial charge in [0.25, 0.3) is 0 Å². The molecule has 20 heavy (non-hydrogen) atoms. The lowest BCUT2D eigenvalue weighted by Gasteiger charge is -2.21. The summed E-state index contributed by atoms with van der Waals surface area (Å²) in [6.07, 6.45) is 8.12. The van der Waals surface area contributed by atoms with Crippen LogP contribution in [0.5, 0.6) is 0 Å². The Balaban J connectivity index is 1.82. The fourth-order valence-electron chi connectivity index (χ4n) is 2.84. The molecule has 0 unspecified atom stereocenters. The van der Waals surface area contributed by atoms with Crippen LogP contribution in [-0.2, 0) is 9.84 Å². The van der Waals surface area contributed by atoms with E-state index in [9.17, 15) is 8.42 Å². The third kappa shape index (κ3) is 4.23. The van der Waals surface area contributed by atoms with Gasteiger partial charge in [0.2, 0.25) is 0 Å². The summed E-state index contributed by atoms with van der Waals surface area (Å²) in [6.45, 7) is 2.65. The molecule has 0 saturated heterocycles. The molecule has 1 aliphatic carbocycles. The van der Waals surface area contributed by atoms with Crippen LogP contribution in [0.3, 0.4) is 0 Å². The Labute approximate surface area is 122 Å². The van der Waals surface area contributed by atoms with Gasteiger partial charge in [-0.15, -0.1) is 0 Å². The molecule has 1 aromatic carbocycles. The molecule has 1 saturated carbocycles. The zero-order chi connectivity index (χ0) is 14.4. The Hall–Kier alpha value is -1.03. The molecule has 0 aliphatic heterocycles. The lowest BCUT2D eigenvalue weighted by atomic mass is 9.87. The van der Waals surface area contributed by atoms with Crippen molar-refractivity contribution in [1.82, 2.24) is 0 Å². The van der Waals surface area contributed by atoms with Gasteiger partial charge in [0.05, 0.1) is 10.6 Å². The van der Waals surface area contributed by atoms with E-state index in [1.807, 2.05) is 12.1 Å². The molecule has 1 fully saturated rings. The second kappa shape index (κ2) is 7.11. The van der Waals surface area contributed by atoms with Crippen LogP contribution in [0.25, 0.3) is 0 Å². The molecule has 0 heterocycles. The maximum atomic E-state index is 11.7. The van der Waals surface area contributed by atoms with Crippen LogP contribution in [0.4, 0.5) is 5.69 Å². The van der Waals surface area contributed by atoms with Crippen molar-refractivity contribution in [2.45, 2.75) is 50.3 Å². The van der Waals surface area contributed by atoms with Crippen LogP contribution in [0.15, 0.2) is 29.2 Å². The summed E-state index contributed by atoms with van der Waals surface area (Å²) in [6, 6.07) is 7.12. The molecular formula is C16H25NO2S. The fourth-order valence-corrected chi connectivity index (χ4v) is 3.73.